The maximum absolute atomic E-state index is 12.2. The van der Waals surface area contributed by atoms with Crippen LogP contribution in [0, 0.1) is 0 Å². The highest BCUT2D eigenvalue weighted by molar-refractivity contribution is 6.13. The second-order valence-electron chi connectivity index (χ2n) is 6.71. The van der Waals surface area contributed by atoms with E-state index < -0.39 is 72.7 Å². The number of aliphatic hydroxyl groups is 1. The van der Waals surface area contributed by atoms with Crippen molar-refractivity contribution in [2.45, 2.75) is 65.3 Å². The zero-order valence-corrected chi connectivity index (χ0v) is 19.0. The first-order chi connectivity index (χ1) is 15.5. The van der Waals surface area contributed by atoms with Crippen LogP contribution in [0.5, 0.6) is 0 Å². The Labute approximate surface area is 190 Å². The second-order valence-corrected chi connectivity index (χ2v) is 6.71. The first kappa shape index (κ1) is 27.8. The van der Waals surface area contributed by atoms with Crippen molar-refractivity contribution >= 4 is 29.8 Å². The van der Waals surface area contributed by atoms with Crippen LogP contribution in [0.25, 0.3) is 0 Å². The maximum Gasteiger partial charge on any atom is 0.347 e. The van der Waals surface area contributed by atoms with Crippen LogP contribution in [0.2, 0.25) is 0 Å². The summed E-state index contributed by atoms with van der Waals surface area (Å²) in [4.78, 5) is 58.9. The Bertz CT molecular complexity index is 744. The Kier molecular flexibility index (Phi) is 11.3. The number of esters is 5. The summed E-state index contributed by atoms with van der Waals surface area (Å²) in [6.07, 6.45) is -4.65. The predicted molar refractivity (Wildman–Crippen MR) is 107 cm³/mol. The number of hydrogen-bond acceptors (Lipinski definition) is 13. The summed E-state index contributed by atoms with van der Waals surface area (Å²) < 4.78 is 30.4. The molecule has 0 aliphatic carbocycles. The van der Waals surface area contributed by atoms with E-state index in [0.29, 0.717) is 0 Å². The summed E-state index contributed by atoms with van der Waals surface area (Å²) in [6, 6.07) is -1.31. The van der Waals surface area contributed by atoms with Crippen molar-refractivity contribution in [1.82, 2.24) is 5.32 Å². The van der Waals surface area contributed by atoms with E-state index in [9.17, 15) is 29.1 Å². The van der Waals surface area contributed by atoms with Gasteiger partial charge < -0.3 is 38.8 Å². The molecule has 1 aliphatic heterocycles. The van der Waals surface area contributed by atoms with E-state index in [1.807, 2.05) is 0 Å². The van der Waals surface area contributed by atoms with Crippen molar-refractivity contribution in [3.63, 3.8) is 0 Å². The number of rotatable bonds is 10. The molecule has 0 radical (unpaired) electrons. The average Bonchev–Trinajstić information content (AvgIpc) is 2.70. The Morgan fingerprint density at radius 2 is 1.36 bits per heavy atom. The van der Waals surface area contributed by atoms with Gasteiger partial charge in [0.05, 0.1) is 13.2 Å². The van der Waals surface area contributed by atoms with Gasteiger partial charge in [0.2, 0.25) is 0 Å². The third-order valence-corrected chi connectivity index (χ3v) is 4.13. The number of ether oxygens (including phenoxy) is 6. The van der Waals surface area contributed by atoms with Crippen molar-refractivity contribution in [1.29, 1.82) is 0 Å². The summed E-state index contributed by atoms with van der Waals surface area (Å²) in [5, 5.41) is 13.1. The third-order valence-electron chi connectivity index (χ3n) is 4.13. The van der Waals surface area contributed by atoms with Crippen LogP contribution in [0.15, 0.2) is 11.8 Å². The van der Waals surface area contributed by atoms with Crippen LogP contribution in [0.4, 0.5) is 0 Å². The lowest BCUT2D eigenvalue weighted by Crippen LogP contribution is -2.64. The fraction of sp³-hybridized carbons (Fsp3) is 0.650. The SMILES string of the molecule is CCOC(=O)C(=CN[C@@H]1[C@@H](OC(C)=O)[C@H](OC(C)=O)[C@@H](COC(C)=O)O[C@@H]1O)C(=O)OCC. The molecule has 1 rings (SSSR count). The van der Waals surface area contributed by atoms with Crippen molar-refractivity contribution in [3.05, 3.63) is 11.8 Å². The van der Waals surface area contributed by atoms with Crippen molar-refractivity contribution in [2.75, 3.05) is 19.8 Å². The summed E-state index contributed by atoms with van der Waals surface area (Å²) in [7, 11) is 0. The van der Waals surface area contributed by atoms with Gasteiger partial charge in [-0.2, -0.15) is 0 Å². The van der Waals surface area contributed by atoms with Gasteiger partial charge in [-0.3, -0.25) is 14.4 Å². The van der Waals surface area contributed by atoms with E-state index >= 15 is 0 Å². The fourth-order valence-corrected chi connectivity index (χ4v) is 2.90. The molecule has 0 amide bonds. The van der Waals surface area contributed by atoms with Gasteiger partial charge in [-0.05, 0) is 13.8 Å². The van der Waals surface area contributed by atoms with E-state index in [-0.39, 0.29) is 13.2 Å². The summed E-state index contributed by atoms with van der Waals surface area (Å²) >= 11 is 0. The molecule has 1 fully saturated rings. The molecule has 2 N–H and O–H groups in total. The van der Waals surface area contributed by atoms with Gasteiger partial charge in [-0.1, -0.05) is 0 Å². The highest BCUT2D eigenvalue weighted by Crippen LogP contribution is 2.26. The quantitative estimate of drug-likeness (QED) is 0.131. The van der Waals surface area contributed by atoms with Crippen LogP contribution in [0.3, 0.4) is 0 Å². The van der Waals surface area contributed by atoms with Crippen LogP contribution in [-0.2, 0) is 52.4 Å². The van der Waals surface area contributed by atoms with E-state index in [0.717, 1.165) is 27.0 Å². The molecule has 0 bridgehead atoms. The lowest BCUT2D eigenvalue weighted by molar-refractivity contribution is -0.263. The molecular weight excluding hydrogens is 446 g/mol. The molecule has 1 aliphatic rings. The first-order valence-electron chi connectivity index (χ1n) is 10.1. The maximum atomic E-state index is 12.2. The van der Waals surface area contributed by atoms with Gasteiger partial charge >= 0.3 is 29.8 Å². The molecule has 0 spiro atoms. The minimum Gasteiger partial charge on any atom is -0.463 e. The van der Waals surface area contributed by atoms with E-state index in [4.69, 9.17) is 28.4 Å². The molecule has 13 heteroatoms. The highest BCUT2D eigenvalue weighted by atomic mass is 16.7. The molecule has 1 saturated heterocycles. The van der Waals surface area contributed by atoms with Gasteiger partial charge in [-0.15, -0.1) is 0 Å². The summed E-state index contributed by atoms with van der Waals surface area (Å²) in [5.74, 6) is -4.20. The molecule has 0 aromatic rings. The smallest absolute Gasteiger partial charge is 0.347 e. The summed E-state index contributed by atoms with van der Waals surface area (Å²) in [5.41, 5.74) is -0.529. The minimum absolute atomic E-state index is 0.0207. The van der Waals surface area contributed by atoms with Crippen molar-refractivity contribution in [2.24, 2.45) is 0 Å². The monoisotopic (exact) mass is 475 g/mol. The van der Waals surface area contributed by atoms with Crippen LogP contribution in [0.1, 0.15) is 34.6 Å². The van der Waals surface area contributed by atoms with Gasteiger partial charge in [0.15, 0.2) is 24.1 Å². The zero-order chi connectivity index (χ0) is 25.1. The van der Waals surface area contributed by atoms with E-state index in [2.05, 4.69) is 5.32 Å². The zero-order valence-electron chi connectivity index (χ0n) is 19.0. The fourth-order valence-electron chi connectivity index (χ4n) is 2.90. The molecule has 0 unspecified atom stereocenters. The van der Waals surface area contributed by atoms with Gasteiger partial charge in [-0.25, -0.2) is 9.59 Å². The highest BCUT2D eigenvalue weighted by Gasteiger charge is 2.49. The molecular formula is C20H29NO12. The molecule has 5 atom stereocenters. The molecule has 0 saturated carbocycles. The number of hydrogen-bond donors (Lipinski definition) is 2. The van der Waals surface area contributed by atoms with E-state index in [1.54, 1.807) is 0 Å². The largest absolute Gasteiger partial charge is 0.463 e. The van der Waals surface area contributed by atoms with Crippen LogP contribution < -0.4 is 5.32 Å². The topological polar surface area (TPSA) is 173 Å². The van der Waals surface area contributed by atoms with E-state index in [1.165, 1.54) is 13.8 Å². The standard InChI is InChI=1S/C20H29NO12/c1-6-28-18(25)13(19(26)29-7-2)8-21-15-17(32-12(5)24)16(31-11(4)23)14(33-20(15)27)9-30-10(3)22/h8,14-17,20-21,27H,6-7,9H2,1-5H3/t14-,15-,16-,17-,20+/m1/s1. The molecule has 33 heavy (non-hydrogen) atoms. The summed E-state index contributed by atoms with van der Waals surface area (Å²) in [6.45, 7) is 5.95. The number of aliphatic hydroxyl groups excluding tert-OH is 1. The average molecular weight is 475 g/mol. The van der Waals surface area contributed by atoms with Gasteiger partial charge in [0.1, 0.15) is 18.8 Å². The second kappa shape index (κ2) is 13.4. The lowest BCUT2D eigenvalue weighted by atomic mass is 9.96. The Hall–Kier alpha value is -3.19. The lowest BCUT2D eigenvalue weighted by Gasteiger charge is -2.43. The Morgan fingerprint density at radius 3 is 1.82 bits per heavy atom. The van der Waals surface area contributed by atoms with Gasteiger partial charge in [0.25, 0.3) is 0 Å². The predicted octanol–water partition coefficient (Wildman–Crippen LogP) is -0.902. The molecule has 13 nitrogen and oxygen atoms in total. The third kappa shape index (κ3) is 8.69. The van der Waals surface area contributed by atoms with Crippen LogP contribution >= 0.6 is 0 Å². The number of nitrogens with one attached hydrogen (secondary N) is 1. The Morgan fingerprint density at radius 1 is 0.848 bits per heavy atom. The number of carbonyl (C=O) groups excluding carboxylic acids is 5. The minimum atomic E-state index is -1.70. The Balaban J connectivity index is 3.30. The van der Waals surface area contributed by atoms with Gasteiger partial charge in [0, 0.05) is 27.0 Å². The number of carbonyl (C=O) groups is 5. The normalized spacial score (nSPS) is 24.0. The van der Waals surface area contributed by atoms with Crippen molar-refractivity contribution < 1.29 is 57.5 Å². The van der Waals surface area contributed by atoms with Crippen LogP contribution in [-0.4, -0.2) is 85.4 Å². The molecule has 1 heterocycles. The molecule has 186 valence electrons. The molecule has 0 aromatic carbocycles. The first-order valence-corrected chi connectivity index (χ1v) is 10.1. The van der Waals surface area contributed by atoms with Crippen molar-refractivity contribution in [3.8, 4) is 0 Å². The molecule has 0 aromatic heterocycles.